The maximum Gasteiger partial charge on any atom is 0.222 e. The second-order valence-corrected chi connectivity index (χ2v) is 7.88. The maximum atomic E-state index is 14.3. The van der Waals surface area contributed by atoms with Gasteiger partial charge in [-0.05, 0) is 62.9 Å². The van der Waals surface area contributed by atoms with E-state index in [2.05, 4.69) is 12.2 Å². The molecule has 8 heteroatoms. The van der Waals surface area contributed by atoms with Crippen molar-refractivity contribution in [2.75, 3.05) is 44.2 Å². The van der Waals surface area contributed by atoms with Crippen LogP contribution in [0.1, 0.15) is 43.5 Å². The number of nitrogens with one attached hydrogen (secondary N) is 1. The van der Waals surface area contributed by atoms with Crippen molar-refractivity contribution in [1.29, 1.82) is 0 Å². The summed E-state index contributed by atoms with van der Waals surface area (Å²) in [5, 5.41) is 3.42. The lowest BCUT2D eigenvalue weighted by Gasteiger charge is -2.37. The van der Waals surface area contributed by atoms with Gasteiger partial charge in [0, 0.05) is 38.2 Å². The number of nitrogens with zero attached hydrogens (tertiary/aromatic N) is 2. The molecule has 2 unspecified atom stereocenters. The van der Waals surface area contributed by atoms with E-state index in [0.717, 1.165) is 13.1 Å². The van der Waals surface area contributed by atoms with Crippen LogP contribution in [0.3, 0.4) is 0 Å². The number of amides is 1. The van der Waals surface area contributed by atoms with E-state index in [4.69, 9.17) is 0 Å². The van der Waals surface area contributed by atoms with E-state index in [-0.39, 0.29) is 42.3 Å². The number of Topliss-reactive ketones (excluding diaryl/α,β-unsaturated/α-hetero) is 1. The molecule has 1 aromatic rings. The number of halogens is 3. The van der Waals surface area contributed by atoms with Crippen LogP contribution in [0.2, 0.25) is 0 Å². The Balaban J connectivity index is 0.00000210. The molecule has 3 rings (SSSR count). The van der Waals surface area contributed by atoms with Gasteiger partial charge in [0.25, 0.3) is 0 Å². The molecule has 0 radical (unpaired) electrons. The highest BCUT2D eigenvalue weighted by Crippen LogP contribution is 2.25. The number of hydrogen-bond donors (Lipinski definition) is 1. The van der Waals surface area contributed by atoms with E-state index in [1.165, 1.54) is 25.8 Å². The average Bonchev–Trinajstić information content (AvgIpc) is 2.68. The van der Waals surface area contributed by atoms with E-state index in [1.54, 1.807) is 12.1 Å². The molecule has 1 aromatic carbocycles. The molecule has 0 spiro atoms. The molecule has 1 N–H and O–H groups in total. The van der Waals surface area contributed by atoms with Gasteiger partial charge in [-0.3, -0.25) is 9.59 Å². The summed E-state index contributed by atoms with van der Waals surface area (Å²) in [5.41, 5.74) is 0.894. The quantitative estimate of drug-likeness (QED) is 0.701. The fourth-order valence-electron chi connectivity index (χ4n) is 4.11. The molecule has 2 atom stereocenters. The number of anilines is 1. The predicted octanol–water partition coefficient (Wildman–Crippen LogP) is 3.55. The van der Waals surface area contributed by atoms with E-state index >= 15 is 0 Å². The average molecular weight is 448 g/mol. The molecule has 2 aliphatic rings. The van der Waals surface area contributed by atoms with Crippen molar-refractivity contribution >= 4 is 42.2 Å². The molecular weight excluding hydrogens is 416 g/mol. The lowest BCUT2D eigenvalue weighted by atomic mass is 9.85. The molecule has 29 heavy (non-hydrogen) atoms. The minimum Gasteiger partial charge on any atom is -0.366 e. The zero-order chi connectivity index (χ0) is 19.4. The van der Waals surface area contributed by atoms with Gasteiger partial charge in [0.05, 0.1) is 5.69 Å². The molecular formula is C21H32Cl2FN3O2. The summed E-state index contributed by atoms with van der Waals surface area (Å²) >= 11 is 0. The lowest BCUT2D eigenvalue weighted by Crippen LogP contribution is -2.49. The van der Waals surface area contributed by atoms with Gasteiger partial charge in [0.2, 0.25) is 5.91 Å². The van der Waals surface area contributed by atoms with Gasteiger partial charge < -0.3 is 15.1 Å². The van der Waals surface area contributed by atoms with Crippen molar-refractivity contribution in [2.45, 2.75) is 33.1 Å². The Morgan fingerprint density at radius 1 is 1.21 bits per heavy atom. The first-order valence-electron chi connectivity index (χ1n) is 9.99. The van der Waals surface area contributed by atoms with Crippen molar-refractivity contribution in [3.05, 3.63) is 29.6 Å². The van der Waals surface area contributed by atoms with E-state index in [0.29, 0.717) is 55.7 Å². The minimum absolute atomic E-state index is 0. The van der Waals surface area contributed by atoms with Crippen molar-refractivity contribution in [2.24, 2.45) is 11.8 Å². The monoisotopic (exact) mass is 447 g/mol. The second kappa shape index (κ2) is 11.7. The number of piperazine rings is 1. The molecule has 164 valence electrons. The standard InChI is InChI=1S/C21H30FN3O2.2ClH/c1-15(18-4-3-7-23-14-18)12-21(27)25-10-8-24(9-11-25)20-6-5-17(16(2)26)13-19(20)22;;/h5-6,13,15,18,23H,3-4,7-12,14H2,1-2H3;2*1H. The van der Waals surface area contributed by atoms with Crippen LogP contribution in [0, 0.1) is 17.7 Å². The zero-order valence-electron chi connectivity index (χ0n) is 17.2. The van der Waals surface area contributed by atoms with Gasteiger partial charge in [-0.15, -0.1) is 24.8 Å². The van der Waals surface area contributed by atoms with Gasteiger partial charge in [0.1, 0.15) is 5.82 Å². The molecule has 2 fully saturated rings. The fraction of sp³-hybridized carbons (Fsp3) is 0.619. The second-order valence-electron chi connectivity index (χ2n) is 7.88. The molecule has 2 heterocycles. The van der Waals surface area contributed by atoms with Gasteiger partial charge >= 0.3 is 0 Å². The van der Waals surface area contributed by atoms with Crippen LogP contribution in [0.4, 0.5) is 10.1 Å². The first-order valence-corrected chi connectivity index (χ1v) is 9.99. The Labute approximate surface area is 185 Å². The summed E-state index contributed by atoms with van der Waals surface area (Å²) in [7, 11) is 0. The molecule has 1 amide bonds. The molecule has 5 nitrogen and oxygen atoms in total. The van der Waals surface area contributed by atoms with Crippen LogP contribution in [0.5, 0.6) is 0 Å². The van der Waals surface area contributed by atoms with Crippen LogP contribution in [-0.4, -0.2) is 55.9 Å². The normalized spacial score (nSPS) is 20.3. The largest absolute Gasteiger partial charge is 0.366 e. The highest BCUT2D eigenvalue weighted by Gasteiger charge is 2.27. The molecule has 2 saturated heterocycles. The minimum atomic E-state index is -0.374. The Morgan fingerprint density at radius 3 is 2.45 bits per heavy atom. The van der Waals surface area contributed by atoms with Crippen LogP contribution in [-0.2, 0) is 4.79 Å². The van der Waals surface area contributed by atoms with Crippen LogP contribution in [0.25, 0.3) is 0 Å². The third-order valence-corrected chi connectivity index (χ3v) is 5.96. The first-order chi connectivity index (χ1) is 13.0. The third-order valence-electron chi connectivity index (χ3n) is 5.96. The molecule has 0 bridgehead atoms. The van der Waals surface area contributed by atoms with Crippen LogP contribution < -0.4 is 10.2 Å². The van der Waals surface area contributed by atoms with Gasteiger partial charge in [-0.1, -0.05) is 6.92 Å². The Morgan fingerprint density at radius 2 is 1.90 bits per heavy atom. The van der Waals surface area contributed by atoms with Crippen molar-refractivity contribution in [3.63, 3.8) is 0 Å². The molecule has 2 aliphatic heterocycles. The summed E-state index contributed by atoms with van der Waals surface area (Å²) in [6.07, 6.45) is 2.98. The summed E-state index contributed by atoms with van der Waals surface area (Å²) in [6.45, 7) is 8.16. The summed E-state index contributed by atoms with van der Waals surface area (Å²) in [5.74, 6) is 0.664. The van der Waals surface area contributed by atoms with Crippen LogP contribution in [0.15, 0.2) is 18.2 Å². The van der Waals surface area contributed by atoms with Crippen LogP contribution >= 0.6 is 24.8 Å². The summed E-state index contributed by atoms with van der Waals surface area (Å²) in [4.78, 5) is 27.9. The highest BCUT2D eigenvalue weighted by atomic mass is 35.5. The number of piperidine rings is 1. The van der Waals surface area contributed by atoms with E-state index < -0.39 is 0 Å². The third kappa shape index (κ3) is 6.56. The number of benzene rings is 1. The van der Waals surface area contributed by atoms with Crippen molar-refractivity contribution in [3.8, 4) is 0 Å². The number of ketones is 1. The van der Waals surface area contributed by atoms with E-state index in [9.17, 15) is 14.0 Å². The van der Waals surface area contributed by atoms with E-state index in [1.807, 2.05) is 9.80 Å². The summed E-state index contributed by atoms with van der Waals surface area (Å²) in [6, 6.07) is 4.63. The number of hydrogen-bond acceptors (Lipinski definition) is 4. The topological polar surface area (TPSA) is 52.7 Å². The molecule has 0 saturated carbocycles. The number of carbonyl (C=O) groups excluding carboxylic acids is 2. The number of carbonyl (C=O) groups is 2. The van der Waals surface area contributed by atoms with Gasteiger partial charge in [0.15, 0.2) is 5.78 Å². The number of rotatable bonds is 5. The lowest BCUT2D eigenvalue weighted by molar-refractivity contribution is -0.132. The van der Waals surface area contributed by atoms with Gasteiger partial charge in [-0.2, -0.15) is 0 Å². The molecule has 0 aliphatic carbocycles. The Bertz CT molecular complexity index is 691. The Hall–Kier alpha value is -1.37. The fourth-order valence-corrected chi connectivity index (χ4v) is 4.11. The smallest absolute Gasteiger partial charge is 0.222 e. The highest BCUT2D eigenvalue weighted by molar-refractivity contribution is 5.94. The SMILES string of the molecule is CC(=O)c1ccc(N2CCN(C(=O)CC(C)C3CCCNC3)CC2)c(F)c1.Cl.Cl. The zero-order valence-corrected chi connectivity index (χ0v) is 18.8. The first kappa shape index (κ1) is 25.7. The molecule has 0 aromatic heterocycles. The Kier molecular flexibility index (Phi) is 10.4. The van der Waals surface area contributed by atoms with Crippen molar-refractivity contribution < 1.29 is 14.0 Å². The van der Waals surface area contributed by atoms with Crippen molar-refractivity contribution in [1.82, 2.24) is 10.2 Å². The maximum absolute atomic E-state index is 14.3. The predicted molar refractivity (Wildman–Crippen MR) is 119 cm³/mol. The summed E-state index contributed by atoms with van der Waals surface area (Å²) < 4.78 is 14.3. The van der Waals surface area contributed by atoms with Gasteiger partial charge in [-0.25, -0.2) is 4.39 Å².